The molecule has 4 heteroatoms. The van der Waals surface area contributed by atoms with Gasteiger partial charge in [-0.25, -0.2) is 8.42 Å². The Morgan fingerprint density at radius 1 is 1.26 bits per heavy atom. The Labute approximate surface area is 116 Å². The van der Waals surface area contributed by atoms with Crippen LogP contribution in [0.3, 0.4) is 0 Å². The molecule has 0 saturated heterocycles. The van der Waals surface area contributed by atoms with Crippen molar-refractivity contribution >= 4 is 9.84 Å². The van der Waals surface area contributed by atoms with E-state index in [1.165, 1.54) is 0 Å². The van der Waals surface area contributed by atoms with Crippen LogP contribution in [0, 0.1) is 6.92 Å². The lowest BCUT2D eigenvalue weighted by molar-refractivity contribution is 0.390. The number of sulfone groups is 1. The van der Waals surface area contributed by atoms with Crippen molar-refractivity contribution in [3.8, 4) is 0 Å². The Morgan fingerprint density at radius 2 is 2.00 bits per heavy atom. The number of hydrogen-bond donors (Lipinski definition) is 1. The van der Waals surface area contributed by atoms with Crippen LogP contribution in [0.25, 0.3) is 0 Å². The van der Waals surface area contributed by atoms with Crippen molar-refractivity contribution in [3.63, 3.8) is 0 Å². The molecule has 1 saturated carbocycles. The van der Waals surface area contributed by atoms with Gasteiger partial charge in [-0.15, -0.1) is 0 Å². The van der Waals surface area contributed by atoms with Crippen LogP contribution in [0.1, 0.15) is 36.8 Å². The zero-order chi connectivity index (χ0) is 13.9. The molecule has 0 amide bonds. The minimum Gasteiger partial charge on any atom is -0.317 e. The van der Waals surface area contributed by atoms with Crippen molar-refractivity contribution in [2.24, 2.45) is 0 Å². The fraction of sp³-hybridized carbons (Fsp3) is 0.600. The number of benzene rings is 1. The molecule has 2 atom stereocenters. The van der Waals surface area contributed by atoms with Gasteiger partial charge in [-0.2, -0.15) is 0 Å². The summed E-state index contributed by atoms with van der Waals surface area (Å²) in [5.41, 5.74) is 2.00. The summed E-state index contributed by atoms with van der Waals surface area (Å²) < 4.78 is 25.1. The third-order valence-corrected chi connectivity index (χ3v) is 6.32. The van der Waals surface area contributed by atoms with Crippen LogP contribution in [0.5, 0.6) is 0 Å². The molecule has 1 aliphatic carbocycles. The Balaban J connectivity index is 2.12. The van der Waals surface area contributed by atoms with E-state index in [4.69, 9.17) is 0 Å². The standard InChI is InChI=1S/C15H23NO2S/c1-12-6-3-4-7-13(12)11-19(17,18)15-9-5-8-14(10-15)16-2/h3-4,6-7,14-16H,5,8-11H2,1-2H3. The molecule has 0 aliphatic heterocycles. The molecule has 0 aromatic heterocycles. The van der Waals surface area contributed by atoms with E-state index >= 15 is 0 Å². The van der Waals surface area contributed by atoms with E-state index in [1.54, 1.807) is 0 Å². The average molecular weight is 281 g/mol. The van der Waals surface area contributed by atoms with Gasteiger partial charge in [0.25, 0.3) is 0 Å². The maximum Gasteiger partial charge on any atom is 0.157 e. The minimum atomic E-state index is -3.04. The number of hydrogen-bond acceptors (Lipinski definition) is 3. The zero-order valence-corrected chi connectivity index (χ0v) is 12.5. The predicted octanol–water partition coefficient (Wildman–Crippen LogP) is 2.44. The van der Waals surface area contributed by atoms with E-state index < -0.39 is 9.84 Å². The number of aryl methyl sites for hydroxylation is 1. The van der Waals surface area contributed by atoms with E-state index in [9.17, 15) is 8.42 Å². The molecule has 0 bridgehead atoms. The summed E-state index contributed by atoms with van der Waals surface area (Å²) in [6, 6.07) is 8.11. The third kappa shape index (κ3) is 3.57. The molecule has 1 aromatic carbocycles. The summed E-state index contributed by atoms with van der Waals surface area (Å²) in [6.45, 7) is 1.97. The number of nitrogens with one attached hydrogen (secondary N) is 1. The van der Waals surface area contributed by atoms with Crippen molar-refractivity contribution in [1.29, 1.82) is 0 Å². The van der Waals surface area contributed by atoms with Crippen molar-refractivity contribution in [3.05, 3.63) is 35.4 Å². The summed E-state index contributed by atoms with van der Waals surface area (Å²) >= 11 is 0. The summed E-state index contributed by atoms with van der Waals surface area (Å²) in [5.74, 6) is 0.181. The predicted molar refractivity (Wildman–Crippen MR) is 78.9 cm³/mol. The van der Waals surface area contributed by atoms with Gasteiger partial charge in [0.15, 0.2) is 9.84 Å². The minimum absolute atomic E-state index is 0.181. The van der Waals surface area contributed by atoms with E-state index in [0.29, 0.717) is 6.04 Å². The highest BCUT2D eigenvalue weighted by molar-refractivity contribution is 7.91. The fourth-order valence-electron chi connectivity index (χ4n) is 2.84. The van der Waals surface area contributed by atoms with Crippen LogP contribution < -0.4 is 5.32 Å². The molecule has 0 spiro atoms. The molecule has 2 rings (SSSR count). The van der Waals surface area contributed by atoms with Crippen molar-refractivity contribution in [1.82, 2.24) is 5.32 Å². The van der Waals surface area contributed by atoms with Gasteiger partial charge in [-0.05, 0) is 44.4 Å². The van der Waals surface area contributed by atoms with Gasteiger partial charge in [0.2, 0.25) is 0 Å². The lowest BCUT2D eigenvalue weighted by atomic mass is 9.95. The second kappa shape index (κ2) is 6.06. The Morgan fingerprint density at radius 3 is 2.68 bits per heavy atom. The molecule has 3 nitrogen and oxygen atoms in total. The molecule has 1 aromatic rings. The highest BCUT2D eigenvalue weighted by Crippen LogP contribution is 2.27. The van der Waals surface area contributed by atoms with Gasteiger partial charge in [0.1, 0.15) is 0 Å². The van der Waals surface area contributed by atoms with Gasteiger partial charge in [0, 0.05) is 6.04 Å². The van der Waals surface area contributed by atoms with Gasteiger partial charge < -0.3 is 5.32 Å². The number of rotatable bonds is 4. The second-order valence-corrected chi connectivity index (χ2v) is 7.79. The van der Waals surface area contributed by atoms with E-state index in [-0.39, 0.29) is 11.0 Å². The molecular weight excluding hydrogens is 258 g/mol. The van der Waals surface area contributed by atoms with Gasteiger partial charge in [-0.1, -0.05) is 30.7 Å². The first-order valence-corrected chi connectivity index (χ1v) is 8.68. The highest BCUT2D eigenvalue weighted by atomic mass is 32.2. The summed E-state index contributed by atoms with van der Waals surface area (Å²) in [6.07, 6.45) is 3.66. The summed E-state index contributed by atoms with van der Waals surface area (Å²) in [4.78, 5) is 0. The normalized spacial score (nSPS) is 24.3. The SMILES string of the molecule is CNC1CCCC(S(=O)(=O)Cc2ccccc2C)C1. The first-order valence-electron chi connectivity index (χ1n) is 6.96. The monoisotopic (exact) mass is 281 g/mol. The van der Waals surface area contributed by atoms with Crippen LogP contribution in [0.4, 0.5) is 0 Å². The van der Waals surface area contributed by atoms with E-state index in [0.717, 1.165) is 36.8 Å². The maximum absolute atomic E-state index is 12.5. The highest BCUT2D eigenvalue weighted by Gasteiger charge is 2.31. The van der Waals surface area contributed by atoms with Crippen LogP contribution in [-0.4, -0.2) is 26.8 Å². The van der Waals surface area contributed by atoms with Gasteiger partial charge >= 0.3 is 0 Å². The van der Waals surface area contributed by atoms with Crippen molar-refractivity contribution in [2.45, 2.75) is 49.7 Å². The van der Waals surface area contributed by atoms with Gasteiger partial charge in [-0.3, -0.25) is 0 Å². The first kappa shape index (κ1) is 14.5. The Hall–Kier alpha value is -0.870. The summed E-state index contributed by atoms with van der Waals surface area (Å²) in [7, 11) is -1.12. The molecule has 19 heavy (non-hydrogen) atoms. The average Bonchev–Trinajstić information content (AvgIpc) is 2.41. The Bertz CT molecular complexity index is 525. The van der Waals surface area contributed by atoms with Crippen LogP contribution in [0.2, 0.25) is 0 Å². The summed E-state index contributed by atoms with van der Waals surface area (Å²) in [5, 5.41) is 3.03. The molecular formula is C15H23NO2S. The third-order valence-electron chi connectivity index (χ3n) is 4.16. The molecule has 1 fully saturated rings. The van der Waals surface area contributed by atoms with Crippen molar-refractivity contribution in [2.75, 3.05) is 7.05 Å². The van der Waals surface area contributed by atoms with Crippen LogP contribution in [-0.2, 0) is 15.6 Å². The first-order chi connectivity index (χ1) is 9.03. The van der Waals surface area contributed by atoms with Crippen LogP contribution in [0.15, 0.2) is 24.3 Å². The Kier molecular flexibility index (Phi) is 4.63. The largest absolute Gasteiger partial charge is 0.317 e. The molecule has 0 radical (unpaired) electrons. The van der Waals surface area contributed by atoms with E-state index in [2.05, 4.69) is 5.32 Å². The zero-order valence-electron chi connectivity index (χ0n) is 11.7. The van der Waals surface area contributed by atoms with E-state index in [1.807, 2.05) is 38.2 Å². The topological polar surface area (TPSA) is 46.2 Å². The lowest BCUT2D eigenvalue weighted by Gasteiger charge is -2.28. The molecule has 106 valence electrons. The molecule has 1 aliphatic rings. The van der Waals surface area contributed by atoms with Crippen molar-refractivity contribution < 1.29 is 8.42 Å². The fourth-order valence-corrected chi connectivity index (χ4v) is 4.88. The second-order valence-electron chi connectivity index (χ2n) is 5.51. The molecule has 0 heterocycles. The smallest absolute Gasteiger partial charge is 0.157 e. The molecule has 2 unspecified atom stereocenters. The van der Waals surface area contributed by atoms with Crippen LogP contribution >= 0.6 is 0 Å². The molecule has 1 N–H and O–H groups in total. The maximum atomic E-state index is 12.5. The van der Waals surface area contributed by atoms with Gasteiger partial charge in [0.05, 0.1) is 11.0 Å². The quantitative estimate of drug-likeness (QED) is 0.922. The lowest BCUT2D eigenvalue weighted by Crippen LogP contribution is -2.37.